The number of nitrogens with zero attached hydrogens (tertiary/aromatic N) is 4. The van der Waals surface area contributed by atoms with Crippen LogP contribution in [0.3, 0.4) is 0 Å². The number of hydrogen-bond donors (Lipinski definition) is 0. The normalized spacial score (nSPS) is 17.8. The maximum Gasteiger partial charge on any atom is 0.253 e. The van der Waals surface area contributed by atoms with Crippen LogP contribution < -0.4 is 4.90 Å². The quantitative estimate of drug-likeness (QED) is 0.853. The van der Waals surface area contributed by atoms with Gasteiger partial charge in [-0.25, -0.2) is 4.68 Å². The number of aryl methyl sites for hydroxylation is 1. The van der Waals surface area contributed by atoms with Crippen molar-refractivity contribution in [3.63, 3.8) is 0 Å². The number of amides is 2. The fraction of sp³-hybridized carbons (Fsp3) is 0.450. The lowest BCUT2D eigenvalue weighted by atomic mass is 10.1. The fourth-order valence-electron chi connectivity index (χ4n) is 3.75. The van der Waals surface area contributed by atoms with E-state index in [4.69, 9.17) is 0 Å². The molecule has 0 radical (unpaired) electrons. The van der Waals surface area contributed by atoms with Crippen LogP contribution >= 0.6 is 0 Å². The van der Waals surface area contributed by atoms with Crippen LogP contribution in [-0.2, 0) is 17.9 Å². The summed E-state index contributed by atoms with van der Waals surface area (Å²) in [7, 11) is 0. The Bertz CT molecular complexity index is 788. The first kappa shape index (κ1) is 16.8. The van der Waals surface area contributed by atoms with E-state index in [2.05, 4.69) is 5.10 Å². The Morgan fingerprint density at radius 3 is 2.42 bits per heavy atom. The van der Waals surface area contributed by atoms with Crippen LogP contribution in [0.1, 0.15) is 48.0 Å². The number of carbonyl (C=O) groups excluding carboxylic acids is 2. The van der Waals surface area contributed by atoms with E-state index in [1.165, 1.54) is 12.8 Å². The summed E-state index contributed by atoms with van der Waals surface area (Å²) in [4.78, 5) is 28.7. The standard InChI is InChI=1S/C20H24N4O2/c25-19-10-14-24-18(9-11-21-24)23(19)15-16-5-7-17(8-6-16)20(26)22-12-3-1-2-4-13-22/h5-9,11H,1-4,10,12-15H2. The third-order valence-electron chi connectivity index (χ3n) is 5.24. The molecule has 1 fully saturated rings. The van der Waals surface area contributed by atoms with Gasteiger partial charge in [-0.3, -0.25) is 14.5 Å². The molecule has 0 aliphatic carbocycles. The second-order valence-electron chi connectivity index (χ2n) is 7.05. The zero-order chi connectivity index (χ0) is 17.9. The van der Waals surface area contributed by atoms with Crippen molar-refractivity contribution in [2.45, 2.75) is 45.2 Å². The van der Waals surface area contributed by atoms with Crippen LogP contribution in [0.15, 0.2) is 36.5 Å². The van der Waals surface area contributed by atoms with Gasteiger partial charge in [-0.1, -0.05) is 25.0 Å². The van der Waals surface area contributed by atoms with E-state index >= 15 is 0 Å². The van der Waals surface area contributed by atoms with Crippen LogP contribution in [0, 0.1) is 0 Å². The first-order chi connectivity index (χ1) is 12.7. The highest BCUT2D eigenvalue weighted by Gasteiger charge is 2.25. The summed E-state index contributed by atoms with van der Waals surface area (Å²) >= 11 is 0. The number of aromatic nitrogens is 2. The summed E-state index contributed by atoms with van der Waals surface area (Å²) in [6.07, 6.45) is 6.81. The Kier molecular flexibility index (Phi) is 4.73. The van der Waals surface area contributed by atoms with Crippen molar-refractivity contribution < 1.29 is 9.59 Å². The molecule has 0 atom stereocenters. The molecule has 0 N–H and O–H groups in total. The van der Waals surface area contributed by atoms with Gasteiger partial charge in [-0.15, -0.1) is 0 Å². The van der Waals surface area contributed by atoms with Gasteiger partial charge >= 0.3 is 0 Å². The van der Waals surface area contributed by atoms with Gasteiger partial charge in [0.05, 0.1) is 19.3 Å². The van der Waals surface area contributed by atoms with E-state index in [1.54, 1.807) is 11.1 Å². The molecule has 2 amide bonds. The largest absolute Gasteiger partial charge is 0.339 e. The van der Waals surface area contributed by atoms with E-state index in [0.717, 1.165) is 42.9 Å². The Hall–Kier alpha value is -2.63. The van der Waals surface area contributed by atoms with Crippen molar-refractivity contribution in [1.29, 1.82) is 0 Å². The van der Waals surface area contributed by atoms with Gasteiger partial charge in [0, 0.05) is 31.1 Å². The molecule has 6 nitrogen and oxygen atoms in total. The predicted octanol–water partition coefficient (Wildman–Crippen LogP) is 2.84. The monoisotopic (exact) mass is 352 g/mol. The molecule has 0 saturated carbocycles. The van der Waals surface area contributed by atoms with Crippen LogP contribution in [0.4, 0.5) is 5.82 Å². The maximum absolute atomic E-state index is 12.7. The smallest absolute Gasteiger partial charge is 0.253 e. The highest BCUT2D eigenvalue weighted by molar-refractivity contribution is 5.95. The van der Waals surface area contributed by atoms with Crippen molar-refractivity contribution in [2.24, 2.45) is 0 Å². The van der Waals surface area contributed by atoms with E-state index in [1.807, 2.05) is 39.9 Å². The van der Waals surface area contributed by atoms with Crippen molar-refractivity contribution >= 4 is 17.6 Å². The molecule has 136 valence electrons. The summed E-state index contributed by atoms with van der Waals surface area (Å²) in [5.74, 6) is 1.07. The minimum atomic E-state index is 0.114. The number of anilines is 1. The molecule has 4 rings (SSSR count). The zero-order valence-electron chi connectivity index (χ0n) is 14.9. The third-order valence-corrected chi connectivity index (χ3v) is 5.24. The van der Waals surface area contributed by atoms with Crippen LogP contribution in [0.5, 0.6) is 0 Å². The second kappa shape index (κ2) is 7.32. The molecule has 6 heteroatoms. The summed E-state index contributed by atoms with van der Waals surface area (Å²) < 4.78 is 1.86. The van der Waals surface area contributed by atoms with Gasteiger partial charge in [0.1, 0.15) is 5.82 Å². The third kappa shape index (κ3) is 3.36. The average Bonchev–Trinajstić information content (AvgIpc) is 2.97. The lowest BCUT2D eigenvalue weighted by Gasteiger charge is -2.27. The molecule has 0 bridgehead atoms. The molecule has 2 aliphatic rings. The minimum absolute atomic E-state index is 0.114. The van der Waals surface area contributed by atoms with Crippen LogP contribution in [0.25, 0.3) is 0 Å². The Balaban J connectivity index is 1.46. The summed E-state index contributed by atoms with van der Waals surface area (Å²) in [5.41, 5.74) is 1.74. The molecule has 0 spiro atoms. The summed E-state index contributed by atoms with van der Waals surface area (Å²) in [6, 6.07) is 9.54. The highest BCUT2D eigenvalue weighted by Crippen LogP contribution is 2.23. The van der Waals surface area contributed by atoms with Crippen LogP contribution in [0.2, 0.25) is 0 Å². The van der Waals surface area contributed by atoms with Crippen molar-refractivity contribution in [2.75, 3.05) is 18.0 Å². The number of hydrogen-bond acceptors (Lipinski definition) is 3. The molecule has 3 heterocycles. The molecule has 0 unspecified atom stereocenters. The summed E-state index contributed by atoms with van der Waals surface area (Å²) in [5, 5.41) is 4.25. The predicted molar refractivity (Wildman–Crippen MR) is 98.8 cm³/mol. The number of benzene rings is 1. The Labute approximate surface area is 153 Å². The number of likely N-dealkylation sites (tertiary alicyclic amines) is 1. The van der Waals surface area contributed by atoms with Crippen molar-refractivity contribution in [1.82, 2.24) is 14.7 Å². The topological polar surface area (TPSA) is 58.4 Å². The number of fused-ring (bicyclic) bond motifs is 1. The molecule has 1 saturated heterocycles. The first-order valence-electron chi connectivity index (χ1n) is 9.43. The molecule has 26 heavy (non-hydrogen) atoms. The van der Waals surface area contributed by atoms with E-state index in [-0.39, 0.29) is 11.8 Å². The average molecular weight is 352 g/mol. The Morgan fingerprint density at radius 2 is 1.69 bits per heavy atom. The minimum Gasteiger partial charge on any atom is -0.339 e. The summed E-state index contributed by atoms with van der Waals surface area (Å²) in [6.45, 7) is 2.85. The van der Waals surface area contributed by atoms with Gasteiger partial charge in [0.15, 0.2) is 0 Å². The lowest BCUT2D eigenvalue weighted by molar-refractivity contribution is -0.119. The molecular weight excluding hydrogens is 328 g/mol. The van der Waals surface area contributed by atoms with Gasteiger partial charge in [0.25, 0.3) is 5.91 Å². The van der Waals surface area contributed by atoms with Gasteiger partial charge in [-0.2, -0.15) is 5.10 Å². The highest BCUT2D eigenvalue weighted by atomic mass is 16.2. The van der Waals surface area contributed by atoms with E-state index in [0.29, 0.717) is 19.5 Å². The molecule has 1 aromatic carbocycles. The maximum atomic E-state index is 12.7. The number of carbonyl (C=O) groups is 2. The van der Waals surface area contributed by atoms with E-state index in [9.17, 15) is 9.59 Å². The SMILES string of the molecule is O=C(c1ccc(CN2C(=O)CCn3nccc32)cc1)N1CCCCCC1. The molecule has 2 aliphatic heterocycles. The molecular formula is C20H24N4O2. The van der Waals surface area contributed by atoms with Gasteiger partial charge in [0.2, 0.25) is 5.91 Å². The lowest BCUT2D eigenvalue weighted by Crippen LogP contribution is -2.37. The number of rotatable bonds is 3. The van der Waals surface area contributed by atoms with Crippen LogP contribution in [-0.4, -0.2) is 39.6 Å². The van der Waals surface area contributed by atoms with E-state index < -0.39 is 0 Å². The van der Waals surface area contributed by atoms with Gasteiger partial charge < -0.3 is 4.90 Å². The molecule has 2 aromatic rings. The molecule has 1 aromatic heterocycles. The Morgan fingerprint density at radius 1 is 0.962 bits per heavy atom. The zero-order valence-corrected chi connectivity index (χ0v) is 14.9. The fourth-order valence-corrected chi connectivity index (χ4v) is 3.75. The van der Waals surface area contributed by atoms with Gasteiger partial charge in [-0.05, 0) is 30.5 Å². The second-order valence-corrected chi connectivity index (χ2v) is 7.05. The van der Waals surface area contributed by atoms with Crippen molar-refractivity contribution in [3.8, 4) is 0 Å². The first-order valence-corrected chi connectivity index (χ1v) is 9.43. The van der Waals surface area contributed by atoms with Crippen molar-refractivity contribution in [3.05, 3.63) is 47.7 Å².